The highest BCUT2D eigenvalue weighted by Gasteiger charge is 2.27. The Kier molecular flexibility index (Phi) is 5.73. The molecule has 2 atom stereocenters. The SMILES string of the molecule is COC(CN)C(=O)N1CCCC(CCO)C1. The molecule has 0 bridgehead atoms. The van der Waals surface area contributed by atoms with Crippen LogP contribution in [0.3, 0.4) is 0 Å². The summed E-state index contributed by atoms with van der Waals surface area (Å²) in [5, 5.41) is 8.90. The Labute approximate surface area is 96.6 Å². The van der Waals surface area contributed by atoms with E-state index in [1.165, 1.54) is 7.11 Å². The summed E-state index contributed by atoms with van der Waals surface area (Å²) in [6.07, 6.45) is 2.33. The Hall–Kier alpha value is -0.650. The molecule has 2 unspecified atom stereocenters. The zero-order valence-electron chi connectivity index (χ0n) is 9.89. The van der Waals surface area contributed by atoms with Crippen molar-refractivity contribution in [3.8, 4) is 0 Å². The molecule has 0 aromatic heterocycles. The standard InChI is InChI=1S/C11H22N2O3/c1-16-10(7-12)11(15)13-5-2-3-9(8-13)4-6-14/h9-10,14H,2-8,12H2,1H3. The second-order valence-corrected chi connectivity index (χ2v) is 4.26. The maximum absolute atomic E-state index is 12.0. The molecule has 94 valence electrons. The first-order valence-corrected chi connectivity index (χ1v) is 5.85. The summed E-state index contributed by atoms with van der Waals surface area (Å²) in [5.74, 6) is 0.394. The van der Waals surface area contributed by atoms with Crippen LogP contribution < -0.4 is 5.73 Å². The first-order valence-electron chi connectivity index (χ1n) is 5.85. The summed E-state index contributed by atoms with van der Waals surface area (Å²) >= 11 is 0. The van der Waals surface area contributed by atoms with Crippen molar-refractivity contribution < 1.29 is 14.6 Å². The Morgan fingerprint density at radius 2 is 2.44 bits per heavy atom. The summed E-state index contributed by atoms with van der Waals surface area (Å²) in [4.78, 5) is 13.8. The van der Waals surface area contributed by atoms with Crippen molar-refractivity contribution in [3.63, 3.8) is 0 Å². The molecule has 1 aliphatic heterocycles. The van der Waals surface area contributed by atoms with Gasteiger partial charge in [-0.25, -0.2) is 0 Å². The van der Waals surface area contributed by atoms with E-state index >= 15 is 0 Å². The van der Waals surface area contributed by atoms with Crippen LogP contribution in [-0.4, -0.2) is 55.4 Å². The molecule has 0 spiro atoms. The molecule has 16 heavy (non-hydrogen) atoms. The molecular formula is C11H22N2O3. The van der Waals surface area contributed by atoms with E-state index in [0.717, 1.165) is 32.4 Å². The van der Waals surface area contributed by atoms with Gasteiger partial charge in [0.15, 0.2) is 0 Å². The van der Waals surface area contributed by atoms with E-state index in [9.17, 15) is 4.79 Å². The second-order valence-electron chi connectivity index (χ2n) is 4.26. The molecule has 1 fully saturated rings. The van der Waals surface area contributed by atoms with Gasteiger partial charge in [0.1, 0.15) is 6.10 Å². The normalized spacial score (nSPS) is 23.2. The van der Waals surface area contributed by atoms with Crippen molar-refractivity contribution in [3.05, 3.63) is 0 Å². The summed E-state index contributed by atoms with van der Waals surface area (Å²) in [6.45, 7) is 1.91. The van der Waals surface area contributed by atoms with Crippen molar-refractivity contribution in [2.75, 3.05) is 33.4 Å². The molecule has 1 saturated heterocycles. The van der Waals surface area contributed by atoms with Crippen molar-refractivity contribution in [1.82, 2.24) is 4.90 Å². The number of nitrogens with zero attached hydrogens (tertiary/aromatic N) is 1. The molecule has 5 nitrogen and oxygen atoms in total. The number of aliphatic hydroxyl groups excluding tert-OH is 1. The molecule has 0 radical (unpaired) electrons. The number of methoxy groups -OCH3 is 1. The number of hydrogen-bond donors (Lipinski definition) is 2. The molecule has 1 aliphatic rings. The molecule has 0 aromatic carbocycles. The number of likely N-dealkylation sites (tertiary alicyclic amines) is 1. The monoisotopic (exact) mass is 230 g/mol. The highest BCUT2D eigenvalue weighted by Crippen LogP contribution is 2.19. The first kappa shape index (κ1) is 13.4. The van der Waals surface area contributed by atoms with Gasteiger partial charge in [0, 0.05) is 33.4 Å². The van der Waals surface area contributed by atoms with Gasteiger partial charge in [0.05, 0.1) is 0 Å². The van der Waals surface area contributed by atoms with E-state index < -0.39 is 6.10 Å². The number of piperidine rings is 1. The lowest BCUT2D eigenvalue weighted by Gasteiger charge is -2.34. The van der Waals surface area contributed by atoms with Crippen molar-refractivity contribution in [2.24, 2.45) is 11.7 Å². The predicted octanol–water partition coefficient (Wildman–Crippen LogP) is -0.419. The summed E-state index contributed by atoms with van der Waals surface area (Å²) < 4.78 is 5.04. The lowest BCUT2D eigenvalue weighted by atomic mass is 9.95. The van der Waals surface area contributed by atoms with E-state index in [0.29, 0.717) is 5.92 Å². The zero-order chi connectivity index (χ0) is 12.0. The average Bonchev–Trinajstić information content (AvgIpc) is 2.31. The van der Waals surface area contributed by atoms with Gasteiger partial charge < -0.3 is 20.5 Å². The van der Waals surface area contributed by atoms with E-state index in [2.05, 4.69) is 0 Å². The number of carbonyl (C=O) groups excluding carboxylic acids is 1. The maximum atomic E-state index is 12.0. The summed E-state index contributed by atoms with van der Waals surface area (Å²) in [6, 6.07) is 0. The second kappa shape index (κ2) is 6.83. The predicted molar refractivity (Wildman–Crippen MR) is 60.9 cm³/mol. The number of rotatable bonds is 5. The fourth-order valence-electron chi connectivity index (χ4n) is 2.18. The van der Waals surface area contributed by atoms with Gasteiger partial charge in [0.2, 0.25) is 0 Å². The number of carbonyl (C=O) groups is 1. The van der Waals surface area contributed by atoms with Crippen LogP contribution >= 0.6 is 0 Å². The van der Waals surface area contributed by atoms with Crippen molar-refractivity contribution >= 4 is 5.91 Å². The zero-order valence-corrected chi connectivity index (χ0v) is 9.89. The number of hydrogen-bond acceptors (Lipinski definition) is 4. The molecule has 1 rings (SSSR count). The number of ether oxygens (including phenoxy) is 1. The lowest BCUT2D eigenvalue weighted by molar-refractivity contribution is -0.143. The highest BCUT2D eigenvalue weighted by atomic mass is 16.5. The van der Waals surface area contributed by atoms with Gasteiger partial charge in [-0.05, 0) is 25.2 Å². The van der Waals surface area contributed by atoms with Gasteiger partial charge in [-0.15, -0.1) is 0 Å². The molecule has 1 heterocycles. The summed E-state index contributed by atoms with van der Waals surface area (Å²) in [5.41, 5.74) is 5.47. The van der Waals surface area contributed by atoms with Gasteiger partial charge >= 0.3 is 0 Å². The quantitative estimate of drug-likeness (QED) is 0.672. The topological polar surface area (TPSA) is 75.8 Å². The van der Waals surface area contributed by atoms with Crippen molar-refractivity contribution in [2.45, 2.75) is 25.4 Å². The molecule has 0 aromatic rings. The van der Waals surface area contributed by atoms with Crippen LogP contribution in [0.4, 0.5) is 0 Å². The number of aliphatic hydroxyl groups is 1. The van der Waals surface area contributed by atoms with Crippen LogP contribution in [-0.2, 0) is 9.53 Å². The van der Waals surface area contributed by atoms with Crippen LogP contribution in [0, 0.1) is 5.92 Å². The molecule has 5 heteroatoms. The number of nitrogens with two attached hydrogens (primary N) is 1. The third-order valence-electron chi connectivity index (χ3n) is 3.14. The van der Waals surface area contributed by atoms with E-state index in [1.54, 1.807) is 0 Å². The fourth-order valence-corrected chi connectivity index (χ4v) is 2.18. The van der Waals surface area contributed by atoms with Gasteiger partial charge in [-0.2, -0.15) is 0 Å². The Morgan fingerprint density at radius 1 is 1.69 bits per heavy atom. The smallest absolute Gasteiger partial charge is 0.253 e. The van der Waals surface area contributed by atoms with Crippen LogP contribution in [0.15, 0.2) is 0 Å². The Morgan fingerprint density at radius 3 is 3.00 bits per heavy atom. The molecular weight excluding hydrogens is 208 g/mol. The highest BCUT2D eigenvalue weighted by molar-refractivity contribution is 5.81. The first-order chi connectivity index (χ1) is 7.72. The largest absolute Gasteiger partial charge is 0.396 e. The van der Waals surface area contributed by atoms with Crippen LogP contribution in [0.2, 0.25) is 0 Å². The van der Waals surface area contributed by atoms with E-state index in [4.69, 9.17) is 15.6 Å². The minimum absolute atomic E-state index is 0.0207. The lowest BCUT2D eigenvalue weighted by Crippen LogP contribution is -2.47. The van der Waals surface area contributed by atoms with Crippen LogP contribution in [0.25, 0.3) is 0 Å². The Bertz CT molecular complexity index is 217. The summed E-state index contributed by atoms with van der Waals surface area (Å²) in [7, 11) is 1.50. The van der Waals surface area contributed by atoms with Gasteiger partial charge in [0.25, 0.3) is 5.91 Å². The Balaban J connectivity index is 2.49. The maximum Gasteiger partial charge on any atom is 0.253 e. The van der Waals surface area contributed by atoms with E-state index in [-0.39, 0.29) is 19.1 Å². The third kappa shape index (κ3) is 3.43. The average molecular weight is 230 g/mol. The third-order valence-corrected chi connectivity index (χ3v) is 3.14. The molecule has 0 saturated carbocycles. The fraction of sp³-hybridized carbons (Fsp3) is 0.909. The number of amides is 1. The van der Waals surface area contributed by atoms with Gasteiger partial charge in [-0.1, -0.05) is 0 Å². The molecule has 3 N–H and O–H groups in total. The minimum atomic E-state index is -0.520. The van der Waals surface area contributed by atoms with Gasteiger partial charge in [-0.3, -0.25) is 4.79 Å². The van der Waals surface area contributed by atoms with Crippen LogP contribution in [0.5, 0.6) is 0 Å². The molecule has 0 aliphatic carbocycles. The van der Waals surface area contributed by atoms with Crippen molar-refractivity contribution in [1.29, 1.82) is 0 Å². The van der Waals surface area contributed by atoms with E-state index in [1.807, 2.05) is 4.90 Å². The minimum Gasteiger partial charge on any atom is -0.396 e. The van der Waals surface area contributed by atoms with Crippen LogP contribution in [0.1, 0.15) is 19.3 Å². The molecule has 1 amide bonds.